The van der Waals surface area contributed by atoms with E-state index in [0.717, 1.165) is 41.9 Å². The maximum Gasteiger partial charge on any atom is 0.312 e. The highest BCUT2D eigenvalue weighted by molar-refractivity contribution is 5.80. The second-order valence-electron chi connectivity index (χ2n) is 7.88. The van der Waals surface area contributed by atoms with E-state index in [4.69, 9.17) is 4.74 Å². The van der Waals surface area contributed by atoms with Crippen LogP contribution in [0, 0.1) is 46.8 Å². The van der Waals surface area contributed by atoms with Gasteiger partial charge in [-0.2, -0.15) is 0 Å². The van der Waals surface area contributed by atoms with Gasteiger partial charge in [0.15, 0.2) is 0 Å². The van der Waals surface area contributed by atoms with E-state index in [0.29, 0.717) is 12.5 Å². The van der Waals surface area contributed by atoms with Crippen molar-refractivity contribution in [2.24, 2.45) is 46.8 Å². The third-order valence-corrected chi connectivity index (χ3v) is 7.55. The van der Waals surface area contributed by atoms with Gasteiger partial charge >= 0.3 is 5.97 Å². The molecule has 1 aliphatic heterocycles. The summed E-state index contributed by atoms with van der Waals surface area (Å²) in [5.74, 6) is 6.54. The second-order valence-corrected chi connectivity index (χ2v) is 7.88. The minimum atomic E-state index is -0.0143. The summed E-state index contributed by atoms with van der Waals surface area (Å²) in [6.07, 6.45) is 6.48. The summed E-state index contributed by atoms with van der Waals surface area (Å²) in [6.45, 7) is 3.16. The molecular formula is C16H22O2. The van der Waals surface area contributed by atoms with Gasteiger partial charge in [-0.25, -0.2) is 0 Å². The SMILES string of the molecule is CC1C[C@@H]2CC1C1C3CC(C12)C1(CCOC1=O)C3. The maximum atomic E-state index is 12.2. The molecule has 4 saturated carbocycles. The monoisotopic (exact) mass is 246 g/mol. The molecule has 4 bridgehead atoms. The Morgan fingerprint density at radius 3 is 2.83 bits per heavy atom. The molecule has 7 unspecified atom stereocenters. The lowest BCUT2D eigenvalue weighted by Crippen LogP contribution is -2.43. The van der Waals surface area contributed by atoms with Crippen LogP contribution in [0.25, 0.3) is 0 Å². The Bertz CT molecular complexity index is 431. The molecule has 2 nitrogen and oxygen atoms in total. The van der Waals surface area contributed by atoms with Crippen molar-refractivity contribution in [2.45, 2.75) is 39.0 Å². The molecular weight excluding hydrogens is 224 g/mol. The van der Waals surface area contributed by atoms with E-state index in [1.54, 1.807) is 0 Å². The van der Waals surface area contributed by atoms with Crippen LogP contribution in [0.15, 0.2) is 0 Å². The first-order chi connectivity index (χ1) is 8.71. The number of carbonyl (C=O) groups is 1. The van der Waals surface area contributed by atoms with Gasteiger partial charge in [0.2, 0.25) is 0 Å². The molecule has 8 atom stereocenters. The molecule has 18 heavy (non-hydrogen) atoms. The quantitative estimate of drug-likeness (QED) is 0.485. The van der Waals surface area contributed by atoms with Gasteiger partial charge in [-0.15, -0.1) is 0 Å². The molecule has 5 aliphatic rings. The molecule has 0 amide bonds. The summed E-state index contributed by atoms with van der Waals surface area (Å²) in [4.78, 5) is 12.2. The largest absolute Gasteiger partial charge is 0.465 e. The molecule has 0 aromatic carbocycles. The van der Waals surface area contributed by atoms with E-state index in [2.05, 4.69) is 6.92 Å². The number of rotatable bonds is 0. The van der Waals surface area contributed by atoms with Crippen LogP contribution in [0.1, 0.15) is 39.0 Å². The number of esters is 1. The lowest BCUT2D eigenvalue weighted by atomic mass is 9.59. The van der Waals surface area contributed by atoms with Crippen LogP contribution in [-0.2, 0) is 9.53 Å². The number of hydrogen-bond donors (Lipinski definition) is 0. The van der Waals surface area contributed by atoms with E-state index < -0.39 is 0 Å². The van der Waals surface area contributed by atoms with Crippen LogP contribution in [0.4, 0.5) is 0 Å². The Morgan fingerprint density at radius 1 is 1.17 bits per heavy atom. The van der Waals surface area contributed by atoms with Gasteiger partial charge in [0.1, 0.15) is 0 Å². The third kappa shape index (κ3) is 0.916. The molecule has 1 heterocycles. The highest BCUT2D eigenvalue weighted by Gasteiger charge is 2.71. The summed E-state index contributed by atoms with van der Waals surface area (Å²) in [5.41, 5.74) is -0.0143. The first kappa shape index (κ1) is 10.3. The number of carbonyl (C=O) groups excluding carboxylic acids is 1. The fraction of sp³-hybridized carbons (Fsp3) is 0.938. The number of fused-ring (bicyclic) bond motifs is 10. The van der Waals surface area contributed by atoms with Gasteiger partial charge < -0.3 is 4.74 Å². The fourth-order valence-electron chi connectivity index (χ4n) is 7.21. The molecule has 0 radical (unpaired) electrons. The summed E-state index contributed by atoms with van der Waals surface area (Å²) < 4.78 is 5.35. The predicted molar refractivity (Wildman–Crippen MR) is 66.6 cm³/mol. The third-order valence-electron chi connectivity index (χ3n) is 7.55. The summed E-state index contributed by atoms with van der Waals surface area (Å²) in [7, 11) is 0. The molecule has 4 aliphatic carbocycles. The Hall–Kier alpha value is -0.530. The van der Waals surface area contributed by atoms with E-state index in [1.165, 1.54) is 25.7 Å². The number of ether oxygens (including phenoxy) is 1. The molecule has 0 N–H and O–H groups in total. The van der Waals surface area contributed by atoms with Crippen molar-refractivity contribution in [1.29, 1.82) is 0 Å². The van der Waals surface area contributed by atoms with Crippen molar-refractivity contribution in [1.82, 2.24) is 0 Å². The highest BCUT2D eigenvalue weighted by Crippen LogP contribution is 2.74. The molecule has 0 aromatic heterocycles. The van der Waals surface area contributed by atoms with Crippen LogP contribution in [0.5, 0.6) is 0 Å². The van der Waals surface area contributed by atoms with Crippen molar-refractivity contribution in [2.75, 3.05) is 6.61 Å². The van der Waals surface area contributed by atoms with Gasteiger partial charge in [0.05, 0.1) is 12.0 Å². The maximum absolute atomic E-state index is 12.2. The smallest absolute Gasteiger partial charge is 0.312 e. The Labute approximate surface area is 108 Å². The zero-order chi connectivity index (χ0) is 12.1. The minimum absolute atomic E-state index is 0.0143. The molecule has 2 heteroatoms. The van der Waals surface area contributed by atoms with E-state index in [9.17, 15) is 4.79 Å². The van der Waals surface area contributed by atoms with Crippen molar-refractivity contribution in [3.63, 3.8) is 0 Å². The van der Waals surface area contributed by atoms with Crippen molar-refractivity contribution < 1.29 is 9.53 Å². The van der Waals surface area contributed by atoms with E-state index >= 15 is 0 Å². The highest BCUT2D eigenvalue weighted by atomic mass is 16.5. The molecule has 5 fully saturated rings. The predicted octanol–water partition coefficient (Wildman–Crippen LogP) is 2.87. The number of hydrogen-bond acceptors (Lipinski definition) is 2. The minimum Gasteiger partial charge on any atom is -0.465 e. The fourth-order valence-corrected chi connectivity index (χ4v) is 7.21. The molecule has 1 spiro atoms. The van der Waals surface area contributed by atoms with Crippen molar-refractivity contribution in [3.05, 3.63) is 0 Å². The molecule has 1 saturated heterocycles. The lowest BCUT2D eigenvalue weighted by molar-refractivity contribution is -0.151. The second kappa shape index (κ2) is 2.96. The van der Waals surface area contributed by atoms with Crippen LogP contribution < -0.4 is 0 Å². The summed E-state index contributed by atoms with van der Waals surface area (Å²) in [5, 5.41) is 0. The standard InChI is InChI=1S/C16H22O2/c1-8-4-9-5-11(8)13-10-6-12(14(9)13)16(7-10)2-3-18-15(16)17/h8-14H,2-7H2,1H3/t8?,9-,10?,11?,12?,13?,14?,16?/m1/s1. The van der Waals surface area contributed by atoms with E-state index in [1.807, 2.05) is 0 Å². The van der Waals surface area contributed by atoms with Gasteiger partial charge in [-0.05, 0) is 73.5 Å². The Morgan fingerprint density at radius 2 is 2.06 bits per heavy atom. The number of cyclic esters (lactones) is 1. The normalized spacial score (nSPS) is 63.8. The molecule has 5 rings (SSSR count). The first-order valence-corrected chi connectivity index (χ1v) is 7.88. The van der Waals surface area contributed by atoms with Crippen LogP contribution in [-0.4, -0.2) is 12.6 Å². The van der Waals surface area contributed by atoms with Crippen LogP contribution in [0.3, 0.4) is 0 Å². The van der Waals surface area contributed by atoms with Crippen molar-refractivity contribution >= 4 is 5.97 Å². The zero-order valence-corrected chi connectivity index (χ0v) is 11.1. The average Bonchev–Trinajstić information content (AvgIpc) is 3.05. The average molecular weight is 246 g/mol. The topological polar surface area (TPSA) is 26.3 Å². The van der Waals surface area contributed by atoms with Gasteiger partial charge in [-0.3, -0.25) is 4.79 Å². The first-order valence-electron chi connectivity index (χ1n) is 7.88. The van der Waals surface area contributed by atoms with Gasteiger partial charge in [-0.1, -0.05) is 6.92 Å². The summed E-state index contributed by atoms with van der Waals surface area (Å²) >= 11 is 0. The van der Waals surface area contributed by atoms with Gasteiger partial charge in [0.25, 0.3) is 0 Å². The molecule has 0 aromatic rings. The van der Waals surface area contributed by atoms with Crippen LogP contribution in [0.2, 0.25) is 0 Å². The molecule has 98 valence electrons. The Kier molecular flexibility index (Phi) is 1.69. The van der Waals surface area contributed by atoms with Gasteiger partial charge in [0, 0.05) is 0 Å². The lowest BCUT2D eigenvalue weighted by Gasteiger charge is -2.43. The van der Waals surface area contributed by atoms with Crippen molar-refractivity contribution in [3.8, 4) is 0 Å². The van der Waals surface area contributed by atoms with Crippen LogP contribution >= 0.6 is 0 Å². The summed E-state index contributed by atoms with van der Waals surface area (Å²) in [6, 6.07) is 0. The zero-order valence-electron chi connectivity index (χ0n) is 11.1. The Balaban J connectivity index is 1.55. The van der Waals surface area contributed by atoms with E-state index in [-0.39, 0.29) is 11.4 Å².